The van der Waals surface area contributed by atoms with Gasteiger partial charge in [0.15, 0.2) is 0 Å². The lowest BCUT2D eigenvalue weighted by molar-refractivity contribution is 0.280. The Morgan fingerprint density at radius 3 is 2.50 bits per heavy atom. The van der Waals surface area contributed by atoms with Crippen molar-refractivity contribution in [3.05, 3.63) is 41.5 Å². The number of benzene rings is 1. The van der Waals surface area contributed by atoms with Crippen molar-refractivity contribution in [1.82, 2.24) is 4.31 Å². The van der Waals surface area contributed by atoms with Gasteiger partial charge in [-0.3, -0.25) is 0 Å². The Morgan fingerprint density at radius 2 is 1.96 bits per heavy atom. The van der Waals surface area contributed by atoms with Crippen LogP contribution in [0.2, 0.25) is 0 Å². The highest BCUT2D eigenvalue weighted by molar-refractivity contribution is 7.89. The molecule has 2 atom stereocenters. The number of allylic oxidation sites excluding steroid dienone is 1. The number of hydrogen-bond acceptors (Lipinski definition) is 3. The summed E-state index contributed by atoms with van der Waals surface area (Å²) in [6.45, 7) is 11.5. The van der Waals surface area contributed by atoms with Crippen molar-refractivity contribution in [3.8, 4) is 0 Å². The van der Waals surface area contributed by atoms with Crippen molar-refractivity contribution in [2.24, 2.45) is 17.1 Å². The Morgan fingerprint density at radius 1 is 1.33 bits per heavy atom. The second kappa shape index (κ2) is 6.62. The molecule has 0 bridgehead atoms. The van der Waals surface area contributed by atoms with Gasteiger partial charge >= 0.3 is 0 Å². The topological polar surface area (TPSA) is 63.4 Å². The van der Waals surface area contributed by atoms with Crippen molar-refractivity contribution < 1.29 is 8.42 Å². The number of hydrogen-bond donors (Lipinski definition) is 1. The van der Waals surface area contributed by atoms with Crippen LogP contribution in [0.3, 0.4) is 0 Å². The molecule has 0 radical (unpaired) electrons. The molecule has 0 aromatic heterocycles. The molecule has 0 saturated heterocycles. The van der Waals surface area contributed by atoms with Gasteiger partial charge < -0.3 is 5.73 Å². The van der Waals surface area contributed by atoms with E-state index in [-0.39, 0.29) is 5.41 Å². The van der Waals surface area contributed by atoms with Crippen LogP contribution in [0.5, 0.6) is 0 Å². The summed E-state index contributed by atoms with van der Waals surface area (Å²) >= 11 is 0. The van der Waals surface area contributed by atoms with E-state index in [1.165, 1.54) is 9.87 Å². The van der Waals surface area contributed by atoms with Gasteiger partial charge in [0.05, 0.1) is 4.90 Å². The van der Waals surface area contributed by atoms with Crippen molar-refractivity contribution in [1.29, 1.82) is 0 Å². The third-order valence-electron chi connectivity index (χ3n) is 5.53. The molecular formula is C19H30N2O2S. The van der Waals surface area contributed by atoms with Gasteiger partial charge in [-0.1, -0.05) is 39.0 Å². The van der Waals surface area contributed by atoms with E-state index in [0.29, 0.717) is 29.7 Å². The van der Waals surface area contributed by atoms with Crippen LogP contribution >= 0.6 is 0 Å². The van der Waals surface area contributed by atoms with Crippen molar-refractivity contribution >= 4 is 10.0 Å². The molecule has 1 aromatic rings. The summed E-state index contributed by atoms with van der Waals surface area (Å²) in [6.07, 6.45) is 1.71. The molecule has 1 unspecified atom stereocenters. The fourth-order valence-electron chi connectivity index (χ4n) is 3.54. The van der Waals surface area contributed by atoms with Crippen molar-refractivity contribution in [3.63, 3.8) is 0 Å². The van der Waals surface area contributed by atoms with E-state index in [9.17, 15) is 8.42 Å². The third kappa shape index (κ3) is 3.44. The molecule has 1 aliphatic carbocycles. The fourth-order valence-corrected chi connectivity index (χ4v) is 4.49. The maximum atomic E-state index is 12.5. The predicted molar refractivity (Wildman–Crippen MR) is 99.5 cm³/mol. The van der Waals surface area contributed by atoms with Crippen LogP contribution in [-0.4, -0.2) is 33.4 Å². The molecule has 2 N–H and O–H groups in total. The molecule has 0 saturated carbocycles. The predicted octanol–water partition coefficient (Wildman–Crippen LogP) is 3.14. The third-order valence-corrected chi connectivity index (χ3v) is 7.34. The summed E-state index contributed by atoms with van der Waals surface area (Å²) in [7, 11) is -0.322. The summed E-state index contributed by atoms with van der Waals surface area (Å²) in [5.41, 5.74) is 9.42. The van der Waals surface area contributed by atoms with Crippen LogP contribution in [0.1, 0.15) is 44.2 Å². The lowest BCUT2D eigenvalue weighted by Crippen LogP contribution is -2.31. The van der Waals surface area contributed by atoms with Crippen LogP contribution in [-0.2, 0) is 16.4 Å². The van der Waals surface area contributed by atoms with Gasteiger partial charge in [-0.15, -0.1) is 0 Å². The van der Waals surface area contributed by atoms with E-state index in [1.54, 1.807) is 20.2 Å². The monoisotopic (exact) mass is 350 g/mol. The summed E-state index contributed by atoms with van der Waals surface area (Å²) < 4.78 is 26.2. The van der Waals surface area contributed by atoms with Crippen molar-refractivity contribution in [2.75, 3.05) is 20.6 Å². The Bertz CT molecular complexity index is 736. The molecular weight excluding hydrogens is 320 g/mol. The van der Waals surface area contributed by atoms with Gasteiger partial charge in [0, 0.05) is 14.1 Å². The van der Waals surface area contributed by atoms with Crippen LogP contribution in [0.4, 0.5) is 0 Å². The Kier molecular flexibility index (Phi) is 5.28. The van der Waals surface area contributed by atoms with Gasteiger partial charge in [0.2, 0.25) is 10.0 Å². The van der Waals surface area contributed by atoms with E-state index in [0.717, 1.165) is 17.6 Å². The van der Waals surface area contributed by atoms with E-state index in [2.05, 4.69) is 27.4 Å². The Balaban J connectivity index is 2.60. The first-order valence-electron chi connectivity index (χ1n) is 8.44. The van der Waals surface area contributed by atoms with Gasteiger partial charge in [-0.25, -0.2) is 12.7 Å². The van der Waals surface area contributed by atoms with Crippen LogP contribution < -0.4 is 5.73 Å². The molecule has 1 aliphatic rings. The number of nitrogens with zero attached hydrogens (tertiary/aromatic N) is 1. The van der Waals surface area contributed by atoms with E-state index >= 15 is 0 Å². The van der Waals surface area contributed by atoms with E-state index in [4.69, 9.17) is 5.73 Å². The second-order valence-corrected chi connectivity index (χ2v) is 9.95. The maximum Gasteiger partial charge on any atom is 0.242 e. The largest absolute Gasteiger partial charge is 0.330 e. The minimum Gasteiger partial charge on any atom is -0.330 e. The SMILES string of the molecule is C=C1Cc2cc(S(=O)(=O)N(C)C)ccc2[C@H](C)C(CN)CC1(C)C. The highest BCUT2D eigenvalue weighted by Gasteiger charge is 2.33. The quantitative estimate of drug-likeness (QED) is 0.852. The molecule has 5 heteroatoms. The lowest BCUT2D eigenvalue weighted by atomic mass is 9.68. The molecule has 4 nitrogen and oxygen atoms in total. The first-order chi connectivity index (χ1) is 11.0. The average molecular weight is 351 g/mol. The zero-order valence-electron chi connectivity index (χ0n) is 15.5. The summed E-state index contributed by atoms with van der Waals surface area (Å²) in [4.78, 5) is 0.342. The molecule has 0 aliphatic heterocycles. The van der Waals surface area contributed by atoms with Gasteiger partial charge in [0.1, 0.15) is 0 Å². The molecule has 0 spiro atoms. The summed E-state index contributed by atoms with van der Waals surface area (Å²) in [5.74, 6) is 0.653. The molecule has 134 valence electrons. The first kappa shape index (κ1) is 19.2. The molecule has 1 aromatic carbocycles. The van der Waals surface area contributed by atoms with Crippen LogP contribution in [0.15, 0.2) is 35.2 Å². The molecule has 0 heterocycles. The average Bonchev–Trinajstić information content (AvgIpc) is 2.50. The van der Waals surface area contributed by atoms with Crippen LogP contribution in [0.25, 0.3) is 0 Å². The Labute approximate surface area is 146 Å². The number of fused-ring (bicyclic) bond motifs is 1. The lowest BCUT2D eigenvalue weighted by Gasteiger charge is -2.38. The zero-order valence-corrected chi connectivity index (χ0v) is 16.3. The zero-order chi connectivity index (χ0) is 18.3. The highest BCUT2D eigenvalue weighted by atomic mass is 32.2. The van der Waals surface area contributed by atoms with E-state index < -0.39 is 10.0 Å². The minimum atomic E-state index is -3.44. The normalized spacial score (nSPS) is 24.4. The highest BCUT2D eigenvalue weighted by Crippen LogP contribution is 2.43. The number of nitrogens with two attached hydrogens (primary N) is 1. The van der Waals surface area contributed by atoms with Gasteiger partial charge in [-0.2, -0.15) is 0 Å². The molecule has 2 rings (SSSR count). The van der Waals surface area contributed by atoms with Gasteiger partial charge in [0.25, 0.3) is 0 Å². The summed E-state index contributed by atoms with van der Waals surface area (Å²) in [6, 6.07) is 5.50. The van der Waals surface area contributed by atoms with Crippen molar-refractivity contribution in [2.45, 2.75) is 44.4 Å². The van der Waals surface area contributed by atoms with E-state index in [1.807, 2.05) is 12.1 Å². The smallest absolute Gasteiger partial charge is 0.242 e. The number of sulfonamides is 1. The maximum absolute atomic E-state index is 12.5. The minimum absolute atomic E-state index is 0.00753. The number of rotatable bonds is 3. The Hall–Kier alpha value is -1.17. The molecule has 0 amide bonds. The standard InChI is InChI=1S/C19H30N2O2S/c1-13-9-15-10-17(24(22,23)21(5)6)7-8-18(15)14(2)16(12-20)11-19(13,3)4/h7-8,10,14,16H,1,9,11-12,20H2,2-6H3/t14-,16?/m1/s1. The molecule has 0 fully saturated rings. The summed E-state index contributed by atoms with van der Waals surface area (Å²) in [5, 5.41) is 0. The second-order valence-electron chi connectivity index (χ2n) is 7.80. The van der Waals surface area contributed by atoms with Gasteiger partial charge in [-0.05, 0) is 59.9 Å². The van der Waals surface area contributed by atoms with Crippen LogP contribution in [0, 0.1) is 11.3 Å². The first-order valence-corrected chi connectivity index (χ1v) is 9.88. The molecule has 24 heavy (non-hydrogen) atoms. The fraction of sp³-hybridized carbons (Fsp3) is 0.579.